The number of hydrogen-bond acceptors (Lipinski definition) is 5. The minimum absolute atomic E-state index is 0.0614. The summed E-state index contributed by atoms with van der Waals surface area (Å²) >= 11 is 0. The Kier molecular flexibility index (Phi) is 68.3. The fraction of sp³-hybridized carbons (Fsp3) is 0.720. The summed E-state index contributed by atoms with van der Waals surface area (Å²) in [6.45, 7) is 4.77. The van der Waals surface area contributed by atoms with Crippen molar-refractivity contribution in [1.82, 2.24) is 5.32 Å². The molecule has 3 atom stereocenters. The lowest BCUT2D eigenvalue weighted by atomic mass is 10.0. The van der Waals surface area contributed by atoms with E-state index >= 15 is 0 Å². The van der Waals surface area contributed by atoms with E-state index in [9.17, 15) is 19.4 Å². The minimum Gasteiger partial charge on any atom is -0.391 e. The highest BCUT2D eigenvalue weighted by Crippen LogP contribution is 2.43. The van der Waals surface area contributed by atoms with Gasteiger partial charge in [-0.25, -0.2) is 4.57 Å². The van der Waals surface area contributed by atoms with Gasteiger partial charge in [0.25, 0.3) is 0 Å². The molecule has 0 rings (SSSR count). The number of hydrogen-bond donors (Lipinski definition) is 3. The summed E-state index contributed by atoms with van der Waals surface area (Å²) in [6, 6.07) is -0.791. The number of carbonyl (C=O) groups is 1. The van der Waals surface area contributed by atoms with Gasteiger partial charge in [0, 0.05) is 6.42 Å². The average molecular weight is 1290 g/mol. The van der Waals surface area contributed by atoms with Crippen LogP contribution in [0.2, 0.25) is 0 Å². The van der Waals surface area contributed by atoms with Gasteiger partial charge in [0.1, 0.15) is 13.2 Å². The van der Waals surface area contributed by atoms with Crippen molar-refractivity contribution in [1.29, 1.82) is 0 Å². The molecule has 0 spiro atoms. The number of quaternary nitrogens is 1. The van der Waals surface area contributed by atoms with E-state index in [1.165, 1.54) is 186 Å². The van der Waals surface area contributed by atoms with Crippen LogP contribution in [0.1, 0.15) is 328 Å². The molecule has 0 aromatic carbocycles. The lowest BCUT2D eigenvalue weighted by Crippen LogP contribution is -2.46. The molecule has 0 saturated carbocycles. The Morgan fingerprint density at radius 2 is 0.659 bits per heavy atom. The van der Waals surface area contributed by atoms with Gasteiger partial charge in [-0.3, -0.25) is 13.8 Å². The van der Waals surface area contributed by atoms with Crippen LogP contribution >= 0.6 is 7.82 Å². The predicted molar refractivity (Wildman–Crippen MR) is 401 cm³/mol. The largest absolute Gasteiger partial charge is 0.472 e. The molecule has 0 aromatic heterocycles. The summed E-state index contributed by atoms with van der Waals surface area (Å²) in [7, 11) is 1.58. The normalized spacial score (nSPS) is 14.3. The van der Waals surface area contributed by atoms with Crippen molar-refractivity contribution < 1.29 is 32.9 Å². The highest BCUT2D eigenvalue weighted by molar-refractivity contribution is 7.47. The Bertz CT molecular complexity index is 1950. The predicted octanol–water partition coefficient (Wildman–Crippen LogP) is 24.9. The molecule has 0 radical (unpaired) electrons. The third-order valence-corrected chi connectivity index (χ3v) is 17.6. The number of aliphatic hydroxyl groups excluding tert-OH is 1. The Hall–Kier alpha value is -3.36. The molecule has 0 heterocycles. The van der Waals surface area contributed by atoms with Gasteiger partial charge < -0.3 is 19.8 Å². The van der Waals surface area contributed by atoms with Crippen molar-refractivity contribution in [3.8, 4) is 0 Å². The number of amides is 1. The Morgan fingerprint density at radius 1 is 0.385 bits per heavy atom. The Morgan fingerprint density at radius 3 is 0.956 bits per heavy atom. The third kappa shape index (κ3) is 73.9. The zero-order valence-corrected chi connectivity index (χ0v) is 60.9. The van der Waals surface area contributed by atoms with Gasteiger partial charge in [-0.2, -0.15) is 0 Å². The number of rotatable bonds is 69. The van der Waals surface area contributed by atoms with E-state index in [4.69, 9.17) is 9.05 Å². The summed E-state index contributed by atoms with van der Waals surface area (Å²) in [5.41, 5.74) is 0. The second kappa shape index (κ2) is 70.9. The summed E-state index contributed by atoms with van der Waals surface area (Å²) in [5, 5.41) is 14.1. The van der Waals surface area contributed by atoms with Crippen molar-refractivity contribution in [3.63, 3.8) is 0 Å². The molecule has 0 aliphatic rings. The molecule has 0 bridgehead atoms. The van der Waals surface area contributed by atoms with Gasteiger partial charge in [0.05, 0.1) is 39.9 Å². The molecule has 1 amide bonds. The smallest absolute Gasteiger partial charge is 0.391 e. The average Bonchev–Trinajstić information content (AvgIpc) is 3.42. The first kappa shape index (κ1) is 87.6. The van der Waals surface area contributed by atoms with Crippen LogP contribution in [0.25, 0.3) is 0 Å². The van der Waals surface area contributed by atoms with Crippen LogP contribution in [0, 0.1) is 0 Å². The molecule has 3 unspecified atom stereocenters. The molecule has 524 valence electrons. The summed E-state index contributed by atoms with van der Waals surface area (Å²) in [6.07, 6.45) is 107. The first-order valence-corrected chi connectivity index (χ1v) is 39.5. The van der Waals surface area contributed by atoms with Crippen molar-refractivity contribution in [2.75, 3.05) is 40.9 Å². The maximum atomic E-state index is 13.1. The number of phosphoric ester groups is 1. The van der Waals surface area contributed by atoms with Gasteiger partial charge >= 0.3 is 7.82 Å². The Labute approximate surface area is 564 Å². The topological polar surface area (TPSA) is 105 Å². The van der Waals surface area contributed by atoms with E-state index in [0.29, 0.717) is 23.9 Å². The molecular formula is C82H146N2O6P+. The van der Waals surface area contributed by atoms with Crippen molar-refractivity contribution in [3.05, 3.63) is 134 Å². The zero-order chi connectivity index (χ0) is 66.2. The maximum Gasteiger partial charge on any atom is 0.472 e. The lowest BCUT2D eigenvalue weighted by Gasteiger charge is -2.26. The number of likely N-dealkylation sites (N-methyl/N-ethyl adjacent to an activating group) is 1. The fourth-order valence-corrected chi connectivity index (χ4v) is 11.6. The highest BCUT2D eigenvalue weighted by Gasteiger charge is 2.28. The van der Waals surface area contributed by atoms with E-state index in [2.05, 4.69) is 153 Å². The first-order valence-electron chi connectivity index (χ1n) is 38.0. The zero-order valence-electron chi connectivity index (χ0n) is 60.0. The second-order valence-electron chi connectivity index (χ2n) is 26.7. The summed E-state index contributed by atoms with van der Waals surface area (Å²) in [5.74, 6) is -0.177. The van der Waals surface area contributed by atoms with E-state index in [1.807, 2.05) is 21.1 Å². The summed E-state index contributed by atoms with van der Waals surface area (Å²) < 4.78 is 23.9. The van der Waals surface area contributed by atoms with E-state index in [0.717, 1.165) is 116 Å². The molecule has 0 aliphatic carbocycles. The van der Waals surface area contributed by atoms with Crippen LogP contribution in [0.3, 0.4) is 0 Å². The van der Waals surface area contributed by atoms with Crippen molar-refractivity contribution in [2.45, 2.75) is 341 Å². The number of carbonyl (C=O) groups excluding carboxylic acids is 1. The number of aliphatic hydroxyl groups is 1. The quantitative estimate of drug-likeness (QED) is 0.0243. The van der Waals surface area contributed by atoms with Crippen LogP contribution < -0.4 is 5.32 Å². The van der Waals surface area contributed by atoms with Gasteiger partial charge in [0.2, 0.25) is 5.91 Å². The summed E-state index contributed by atoms with van der Waals surface area (Å²) in [4.78, 5) is 23.5. The molecule has 0 fully saturated rings. The Balaban J connectivity index is 4.13. The van der Waals surface area contributed by atoms with Crippen LogP contribution in [-0.4, -0.2) is 73.4 Å². The van der Waals surface area contributed by atoms with E-state index < -0.39 is 20.0 Å². The molecule has 0 aromatic rings. The van der Waals surface area contributed by atoms with Gasteiger partial charge in [-0.05, 0) is 96.3 Å². The monoisotopic (exact) mass is 1290 g/mol. The van der Waals surface area contributed by atoms with Gasteiger partial charge in [-0.1, -0.05) is 359 Å². The first-order chi connectivity index (χ1) is 44.5. The number of unbranched alkanes of at least 4 members (excludes halogenated alkanes) is 34. The second-order valence-corrected chi connectivity index (χ2v) is 28.1. The number of phosphoric acid groups is 1. The fourth-order valence-electron chi connectivity index (χ4n) is 10.8. The van der Waals surface area contributed by atoms with Gasteiger partial charge in [0.15, 0.2) is 0 Å². The molecule has 9 heteroatoms. The third-order valence-electron chi connectivity index (χ3n) is 16.7. The number of nitrogens with one attached hydrogen (secondary N) is 1. The lowest BCUT2D eigenvalue weighted by molar-refractivity contribution is -0.870. The van der Waals surface area contributed by atoms with E-state index in [-0.39, 0.29) is 19.1 Å². The van der Waals surface area contributed by atoms with Crippen LogP contribution in [0.15, 0.2) is 134 Å². The molecule has 8 nitrogen and oxygen atoms in total. The maximum absolute atomic E-state index is 13.1. The molecule has 3 N–H and O–H groups in total. The SMILES string of the molecule is CC/C=C\C/C=C\C/C=C\C/C=C\C/C=C\C/C=C\C/C=C\C/C=C\C/C=C\C/C=C\C/C=C\CCCCCC(=O)NC(COP(=O)(O)OCC[N+](C)(C)C)C(O)CCCCCCCCCCCCCCCCCCCCCCCCCCCCCCCCCC. The number of nitrogens with zero attached hydrogens (tertiary/aromatic N) is 1. The highest BCUT2D eigenvalue weighted by atomic mass is 31.2. The molecule has 0 saturated heterocycles. The van der Waals surface area contributed by atoms with Crippen LogP contribution in [-0.2, 0) is 18.4 Å². The molecule has 0 aliphatic heterocycles. The standard InChI is InChI=1S/C82H145N2O6P/c1-6-8-10-12-14-16-18-20-22-24-26-28-30-32-34-36-38-40-41-42-43-44-46-48-50-52-54-56-58-60-62-64-66-68-70-72-74-76-82(86)83-80(79-90-91(87,88)89-78-77-84(3,4)5)81(85)75-73-71-69-67-65-63-61-59-57-55-53-51-49-47-45-39-37-35-33-31-29-27-25-23-21-19-17-15-13-11-9-7-2/h8,10,14,16,20,22,26,28,32,34,38,40,42-43,46,48,52,54,58,60,64,66,80-81,85H,6-7,9,11-13,15,17-19,21,23-25,27,29-31,33,35-37,39,41,44-45,47,49-51,53,55-57,59,61-63,65,67-79H2,1-5H3,(H-,83,86,87,88)/p+1/b10-8-,16-14-,22-20-,28-26-,34-32-,40-38-,43-42-,48-46-,54-52-,60-58-,66-64-. The van der Waals surface area contributed by atoms with Gasteiger partial charge in [-0.15, -0.1) is 0 Å². The minimum atomic E-state index is -4.35. The van der Waals surface area contributed by atoms with Crippen molar-refractivity contribution in [2.24, 2.45) is 0 Å². The van der Waals surface area contributed by atoms with Crippen LogP contribution in [0.5, 0.6) is 0 Å². The van der Waals surface area contributed by atoms with Crippen molar-refractivity contribution >= 4 is 13.7 Å². The molecular weight excluding hydrogens is 1140 g/mol. The van der Waals surface area contributed by atoms with E-state index in [1.54, 1.807) is 0 Å². The van der Waals surface area contributed by atoms with Crippen LogP contribution in [0.4, 0.5) is 0 Å². The molecule has 91 heavy (non-hydrogen) atoms. The number of allylic oxidation sites excluding steroid dienone is 22.